The van der Waals surface area contributed by atoms with Crippen molar-refractivity contribution in [3.63, 3.8) is 0 Å². The van der Waals surface area contributed by atoms with Gasteiger partial charge in [-0.15, -0.1) is 0 Å². The maximum absolute atomic E-state index is 12.7. The Hall–Kier alpha value is -8.02. The van der Waals surface area contributed by atoms with Crippen LogP contribution in [0.15, 0.2) is 200 Å². The highest BCUT2D eigenvalue weighted by atomic mass is 16.3. The molecule has 11 aromatic rings. The lowest BCUT2D eigenvalue weighted by Crippen LogP contribution is -2.17. The van der Waals surface area contributed by atoms with Crippen LogP contribution in [0.3, 0.4) is 0 Å². The summed E-state index contributed by atoms with van der Waals surface area (Å²) < 4.78 is 4.65. The van der Waals surface area contributed by atoms with E-state index in [0.29, 0.717) is 11.4 Å². The number of fused-ring (bicyclic) bond motifs is 4. The predicted molar refractivity (Wildman–Crippen MR) is 279 cm³/mol. The largest absolute Gasteiger partial charge is 0.507 e. The second kappa shape index (κ2) is 16.1. The molecule has 0 spiro atoms. The molecule has 3 aromatic heterocycles. The maximum Gasteiger partial charge on any atom is 0.149 e. The SMILES string of the molecule is CC(C)(C)c1cc(-c2nc3c(-c4cc(-c5ccccn5)c5c6ccccc6n(-c6ccccc6)c5c4)cccc3n2-c2ccc(-c3ccccc3)cc2-c2ccccc2)c(O)c(C(C)(C)C)c1. The summed E-state index contributed by atoms with van der Waals surface area (Å²) in [6.07, 6.45) is 1.87. The zero-order chi connectivity index (χ0) is 46.0. The molecule has 326 valence electrons. The van der Waals surface area contributed by atoms with Gasteiger partial charge in [-0.25, -0.2) is 4.98 Å². The fraction of sp³-hybridized carbons (Fsp3) is 0.129. The Morgan fingerprint density at radius 1 is 0.448 bits per heavy atom. The number of aromatic nitrogens is 4. The summed E-state index contributed by atoms with van der Waals surface area (Å²) in [4.78, 5) is 10.7. The Balaban J connectivity index is 1.27. The van der Waals surface area contributed by atoms with Crippen molar-refractivity contribution in [3.05, 3.63) is 211 Å². The Morgan fingerprint density at radius 3 is 1.81 bits per heavy atom. The van der Waals surface area contributed by atoms with Crippen LogP contribution < -0.4 is 0 Å². The third-order valence-electron chi connectivity index (χ3n) is 13.2. The van der Waals surface area contributed by atoms with Crippen LogP contribution in [-0.2, 0) is 10.8 Å². The molecule has 11 rings (SSSR count). The summed E-state index contributed by atoms with van der Waals surface area (Å²) in [5.41, 5.74) is 16.5. The molecule has 0 radical (unpaired) electrons. The molecular weight excluding hydrogens is 817 g/mol. The predicted octanol–water partition coefficient (Wildman–Crippen LogP) is 16.2. The zero-order valence-electron chi connectivity index (χ0n) is 38.8. The van der Waals surface area contributed by atoms with Gasteiger partial charge in [0, 0.05) is 44.9 Å². The minimum atomic E-state index is -0.344. The molecule has 0 fully saturated rings. The van der Waals surface area contributed by atoms with Gasteiger partial charge in [-0.2, -0.15) is 0 Å². The molecule has 0 bridgehead atoms. The molecule has 0 saturated carbocycles. The van der Waals surface area contributed by atoms with Gasteiger partial charge in [-0.05, 0) is 105 Å². The first-order chi connectivity index (χ1) is 32.4. The first-order valence-corrected chi connectivity index (χ1v) is 23.1. The van der Waals surface area contributed by atoms with E-state index in [1.165, 1.54) is 0 Å². The Labute approximate surface area is 392 Å². The second-order valence-corrected chi connectivity index (χ2v) is 19.6. The summed E-state index contributed by atoms with van der Waals surface area (Å²) in [6, 6.07) is 68.7. The van der Waals surface area contributed by atoms with Crippen molar-refractivity contribution in [2.45, 2.75) is 52.4 Å². The van der Waals surface area contributed by atoms with E-state index in [4.69, 9.17) is 9.97 Å². The third kappa shape index (κ3) is 7.28. The lowest BCUT2D eigenvalue weighted by molar-refractivity contribution is 0.446. The quantitative estimate of drug-likeness (QED) is 0.174. The van der Waals surface area contributed by atoms with E-state index in [0.717, 1.165) is 100.0 Å². The van der Waals surface area contributed by atoms with Crippen LogP contribution in [0.5, 0.6) is 5.75 Å². The van der Waals surface area contributed by atoms with Crippen molar-refractivity contribution >= 4 is 32.8 Å². The monoisotopic (exact) mass is 868 g/mol. The van der Waals surface area contributed by atoms with Crippen molar-refractivity contribution in [3.8, 4) is 73.2 Å². The minimum absolute atomic E-state index is 0.203. The number of nitrogens with zero attached hydrogens (tertiary/aromatic N) is 4. The van der Waals surface area contributed by atoms with E-state index in [1.54, 1.807) is 0 Å². The first kappa shape index (κ1) is 41.7. The van der Waals surface area contributed by atoms with Crippen LogP contribution in [0.4, 0.5) is 0 Å². The highest BCUT2D eigenvalue weighted by Gasteiger charge is 2.30. The number of hydrogen-bond acceptors (Lipinski definition) is 3. The molecule has 5 nitrogen and oxygen atoms in total. The molecule has 67 heavy (non-hydrogen) atoms. The van der Waals surface area contributed by atoms with Gasteiger partial charge < -0.3 is 9.67 Å². The van der Waals surface area contributed by atoms with Crippen molar-refractivity contribution in [2.24, 2.45) is 0 Å². The normalized spacial score (nSPS) is 12.1. The average molecular weight is 869 g/mol. The Morgan fingerprint density at radius 2 is 1.10 bits per heavy atom. The number of imidazole rings is 1. The number of rotatable bonds is 7. The summed E-state index contributed by atoms with van der Waals surface area (Å²) in [5.74, 6) is 0.914. The van der Waals surface area contributed by atoms with Crippen LogP contribution in [0, 0.1) is 0 Å². The molecule has 0 aliphatic rings. The van der Waals surface area contributed by atoms with Crippen LogP contribution >= 0.6 is 0 Å². The summed E-state index contributed by atoms with van der Waals surface area (Å²) in [5, 5.41) is 15.0. The van der Waals surface area contributed by atoms with E-state index >= 15 is 0 Å². The average Bonchev–Trinajstić information content (AvgIpc) is 3.90. The number of benzene rings is 8. The topological polar surface area (TPSA) is 55.9 Å². The zero-order valence-corrected chi connectivity index (χ0v) is 38.8. The van der Waals surface area contributed by atoms with Gasteiger partial charge >= 0.3 is 0 Å². The molecule has 3 heterocycles. The highest BCUT2D eigenvalue weighted by molar-refractivity contribution is 6.17. The van der Waals surface area contributed by atoms with E-state index in [1.807, 2.05) is 12.3 Å². The molecular formula is C62H52N4O. The van der Waals surface area contributed by atoms with Gasteiger partial charge in [0.05, 0.1) is 39.0 Å². The highest BCUT2D eigenvalue weighted by Crippen LogP contribution is 2.47. The molecule has 5 heteroatoms. The van der Waals surface area contributed by atoms with E-state index in [9.17, 15) is 5.11 Å². The molecule has 0 aliphatic carbocycles. The van der Waals surface area contributed by atoms with Crippen LogP contribution in [0.2, 0.25) is 0 Å². The fourth-order valence-corrected chi connectivity index (χ4v) is 9.79. The molecule has 0 aliphatic heterocycles. The lowest BCUT2D eigenvalue weighted by atomic mass is 9.79. The third-order valence-corrected chi connectivity index (χ3v) is 13.2. The fourth-order valence-electron chi connectivity index (χ4n) is 9.79. The smallest absolute Gasteiger partial charge is 0.149 e. The van der Waals surface area contributed by atoms with Gasteiger partial charge in [-0.3, -0.25) is 9.55 Å². The molecule has 8 aromatic carbocycles. The Kier molecular flexibility index (Phi) is 10.0. The number of hydrogen-bond donors (Lipinski definition) is 1. The van der Waals surface area contributed by atoms with Crippen molar-refractivity contribution in [1.82, 2.24) is 19.1 Å². The van der Waals surface area contributed by atoms with E-state index in [-0.39, 0.29) is 16.6 Å². The van der Waals surface area contributed by atoms with Gasteiger partial charge in [0.2, 0.25) is 0 Å². The van der Waals surface area contributed by atoms with Crippen molar-refractivity contribution in [1.29, 1.82) is 0 Å². The van der Waals surface area contributed by atoms with Gasteiger partial charge in [-0.1, -0.05) is 169 Å². The summed E-state index contributed by atoms with van der Waals surface area (Å²) >= 11 is 0. The van der Waals surface area contributed by atoms with Crippen LogP contribution in [0.1, 0.15) is 52.7 Å². The second-order valence-electron chi connectivity index (χ2n) is 19.6. The van der Waals surface area contributed by atoms with Gasteiger partial charge in [0.1, 0.15) is 11.6 Å². The standard InChI is InChI=1S/C62H52N4O/c1-61(2,3)44-38-50(59(67)51(39-44)62(4,5)6)60-64-58-46(28-20-31-55(58)66(60)54-33-32-42(40-21-10-7-11-22-40)35-48(54)41-23-12-8-13-24-41)43-36-49(52-29-18-19-34-63-52)57-47-27-16-17-30-53(47)65(56(57)37-43)45-25-14-9-15-26-45/h7-39,67H,1-6H3. The van der Waals surface area contributed by atoms with E-state index in [2.05, 4.69) is 239 Å². The number of aromatic hydroxyl groups is 1. The lowest BCUT2D eigenvalue weighted by Gasteiger charge is -2.27. The van der Waals surface area contributed by atoms with Crippen LogP contribution in [0.25, 0.3) is 100 Å². The number of phenols is 1. The number of pyridine rings is 1. The van der Waals surface area contributed by atoms with E-state index < -0.39 is 0 Å². The van der Waals surface area contributed by atoms with Gasteiger partial charge in [0.15, 0.2) is 0 Å². The first-order valence-electron chi connectivity index (χ1n) is 23.1. The number of phenolic OH excluding ortho intramolecular Hbond substituents is 1. The summed E-state index contributed by atoms with van der Waals surface area (Å²) in [6.45, 7) is 13.2. The van der Waals surface area contributed by atoms with Crippen molar-refractivity contribution < 1.29 is 5.11 Å². The maximum atomic E-state index is 12.7. The molecule has 0 saturated heterocycles. The molecule has 0 unspecified atom stereocenters. The molecule has 0 atom stereocenters. The van der Waals surface area contributed by atoms with Gasteiger partial charge in [0.25, 0.3) is 0 Å². The van der Waals surface area contributed by atoms with Crippen molar-refractivity contribution in [2.75, 3.05) is 0 Å². The summed E-state index contributed by atoms with van der Waals surface area (Å²) in [7, 11) is 0. The minimum Gasteiger partial charge on any atom is -0.507 e. The molecule has 0 amide bonds. The molecule has 1 N–H and O–H groups in total. The Bertz CT molecular complexity index is 3630. The van der Waals surface area contributed by atoms with Crippen LogP contribution in [-0.4, -0.2) is 24.2 Å². The number of para-hydroxylation sites is 3.